The number of nitrogens with zero attached hydrogens (tertiary/aromatic N) is 2. The lowest BCUT2D eigenvalue weighted by atomic mass is 10.0. The molecule has 4 nitrogen and oxygen atoms in total. The highest BCUT2D eigenvalue weighted by Crippen LogP contribution is 2.19. The number of aryl methyl sites for hydroxylation is 1. The fourth-order valence-corrected chi connectivity index (χ4v) is 2.67. The molecule has 0 N–H and O–H groups in total. The topological polar surface area (TPSA) is 41.9 Å². The number of oxime groups is 1. The Kier molecular flexibility index (Phi) is 4.60. The lowest BCUT2D eigenvalue weighted by Gasteiger charge is -2.20. The van der Waals surface area contributed by atoms with Gasteiger partial charge in [-0.15, -0.1) is 0 Å². The normalized spacial score (nSPS) is 16.5. The molecular weight excluding hydrogens is 307 g/mol. The van der Waals surface area contributed by atoms with Crippen LogP contribution in [0.1, 0.15) is 27.9 Å². The van der Waals surface area contributed by atoms with Crippen LogP contribution in [0.15, 0.2) is 53.7 Å². The molecule has 2 aromatic rings. The maximum absolute atomic E-state index is 13.7. The number of amides is 1. The summed E-state index contributed by atoms with van der Waals surface area (Å²) in [5, 5.41) is 4.12. The van der Waals surface area contributed by atoms with Crippen LogP contribution in [0.5, 0.6) is 0 Å². The van der Waals surface area contributed by atoms with Crippen molar-refractivity contribution in [3.63, 3.8) is 0 Å². The van der Waals surface area contributed by atoms with Crippen LogP contribution in [0.3, 0.4) is 0 Å². The predicted octanol–water partition coefficient (Wildman–Crippen LogP) is 3.40. The molecule has 1 amide bonds. The fourth-order valence-electron chi connectivity index (χ4n) is 2.67. The van der Waals surface area contributed by atoms with Gasteiger partial charge in [-0.2, -0.15) is 0 Å². The van der Waals surface area contributed by atoms with Crippen molar-refractivity contribution in [1.82, 2.24) is 4.90 Å². The standard InChI is InChI=1S/C19H19FN2O2/c1-13-7-9-14(10-8-13)18-11-15(24-21-18)12-22(2)19(23)16-5-3-4-6-17(16)20/h3-10,15H,11-12H2,1-2H3/t15-/m0/s1. The molecule has 5 heteroatoms. The zero-order valence-electron chi connectivity index (χ0n) is 13.7. The number of benzene rings is 2. The highest BCUT2D eigenvalue weighted by Gasteiger charge is 2.26. The number of hydrogen-bond donors (Lipinski definition) is 0. The maximum atomic E-state index is 13.7. The van der Waals surface area contributed by atoms with E-state index < -0.39 is 5.82 Å². The summed E-state index contributed by atoms with van der Waals surface area (Å²) >= 11 is 0. The van der Waals surface area contributed by atoms with E-state index in [0.29, 0.717) is 13.0 Å². The largest absolute Gasteiger partial charge is 0.390 e. The molecule has 2 aromatic carbocycles. The van der Waals surface area contributed by atoms with E-state index in [4.69, 9.17) is 4.84 Å². The molecule has 0 fully saturated rings. The van der Waals surface area contributed by atoms with Crippen molar-refractivity contribution in [2.45, 2.75) is 19.4 Å². The van der Waals surface area contributed by atoms with Crippen molar-refractivity contribution in [3.05, 3.63) is 71.0 Å². The maximum Gasteiger partial charge on any atom is 0.256 e. The smallest absolute Gasteiger partial charge is 0.256 e. The van der Waals surface area contributed by atoms with E-state index in [9.17, 15) is 9.18 Å². The van der Waals surface area contributed by atoms with Gasteiger partial charge in [0.15, 0.2) is 6.10 Å². The predicted molar refractivity (Wildman–Crippen MR) is 90.6 cm³/mol. The molecule has 1 aliphatic rings. The van der Waals surface area contributed by atoms with E-state index in [1.54, 1.807) is 19.2 Å². The highest BCUT2D eigenvalue weighted by molar-refractivity contribution is 6.01. The Balaban J connectivity index is 1.61. The minimum absolute atomic E-state index is 0.0673. The number of rotatable bonds is 4. The minimum Gasteiger partial charge on any atom is -0.390 e. The summed E-state index contributed by atoms with van der Waals surface area (Å²) in [6, 6.07) is 14.0. The fraction of sp³-hybridized carbons (Fsp3) is 0.263. The van der Waals surface area contributed by atoms with Gasteiger partial charge in [0.1, 0.15) is 5.82 Å². The van der Waals surface area contributed by atoms with E-state index in [1.807, 2.05) is 31.2 Å². The lowest BCUT2D eigenvalue weighted by Crippen LogP contribution is -2.35. The van der Waals surface area contributed by atoms with E-state index in [-0.39, 0.29) is 17.6 Å². The molecule has 3 rings (SSSR count). The van der Waals surface area contributed by atoms with Gasteiger partial charge in [0, 0.05) is 13.5 Å². The second-order valence-electron chi connectivity index (χ2n) is 6.00. The van der Waals surface area contributed by atoms with E-state index >= 15 is 0 Å². The summed E-state index contributed by atoms with van der Waals surface area (Å²) in [5.74, 6) is -0.876. The van der Waals surface area contributed by atoms with Gasteiger partial charge in [-0.1, -0.05) is 47.1 Å². The average molecular weight is 326 g/mol. The van der Waals surface area contributed by atoms with Crippen LogP contribution in [0.25, 0.3) is 0 Å². The van der Waals surface area contributed by atoms with Crippen molar-refractivity contribution >= 4 is 11.6 Å². The Bertz CT molecular complexity index is 771. The van der Waals surface area contributed by atoms with Crippen molar-refractivity contribution in [2.24, 2.45) is 5.16 Å². The zero-order chi connectivity index (χ0) is 17.1. The molecule has 124 valence electrons. The SMILES string of the molecule is Cc1ccc(C2=NO[C@H](CN(C)C(=O)c3ccccc3F)C2)cc1. The molecule has 0 aliphatic carbocycles. The van der Waals surface area contributed by atoms with Gasteiger partial charge in [0.05, 0.1) is 17.8 Å². The third-order valence-electron chi connectivity index (χ3n) is 4.05. The minimum atomic E-state index is -0.515. The van der Waals surface area contributed by atoms with Crippen LogP contribution in [0.2, 0.25) is 0 Å². The quantitative estimate of drug-likeness (QED) is 0.864. The first-order valence-electron chi connectivity index (χ1n) is 7.84. The summed E-state index contributed by atoms with van der Waals surface area (Å²) < 4.78 is 13.7. The lowest BCUT2D eigenvalue weighted by molar-refractivity contribution is 0.0479. The third-order valence-corrected chi connectivity index (χ3v) is 4.05. The molecule has 24 heavy (non-hydrogen) atoms. The Hall–Kier alpha value is -2.69. The zero-order valence-corrected chi connectivity index (χ0v) is 13.7. The molecule has 0 unspecified atom stereocenters. The molecule has 1 heterocycles. The molecule has 0 saturated heterocycles. The summed E-state index contributed by atoms with van der Waals surface area (Å²) in [6.45, 7) is 2.38. The first-order chi connectivity index (χ1) is 11.5. The Labute approximate surface area is 140 Å². The number of halogens is 1. The molecule has 0 radical (unpaired) electrons. The average Bonchev–Trinajstić information content (AvgIpc) is 3.04. The van der Waals surface area contributed by atoms with Crippen molar-refractivity contribution in [1.29, 1.82) is 0 Å². The van der Waals surface area contributed by atoms with Gasteiger partial charge in [0.2, 0.25) is 0 Å². The third kappa shape index (κ3) is 3.45. The molecule has 0 saturated carbocycles. The van der Waals surface area contributed by atoms with Gasteiger partial charge >= 0.3 is 0 Å². The second-order valence-corrected chi connectivity index (χ2v) is 6.00. The Morgan fingerprint density at radius 3 is 2.67 bits per heavy atom. The molecule has 0 aromatic heterocycles. The number of likely N-dealkylation sites (N-methyl/N-ethyl adjacent to an activating group) is 1. The summed E-state index contributed by atoms with van der Waals surface area (Å²) in [6.07, 6.45) is 0.403. The van der Waals surface area contributed by atoms with Crippen LogP contribution in [-0.4, -0.2) is 36.2 Å². The van der Waals surface area contributed by atoms with Gasteiger partial charge in [0.25, 0.3) is 5.91 Å². The number of carbonyl (C=O) groups excluding carboxylic acids is 1. The number of hydrogen-bond acceptors (Lipinski definition) is 3. The van der Waals surface area contributed by atoms with E-state index in [0.717, 1.165) is 11.3 Å². The van der Waals surface area contributed by atoms with Gasteiger partial charge in [-0.25, -0.2) is 4.39 Å². The number of carbonyl (C=O) groups is 1. The highest BCUT2D eigenvalue weighted by atomic mass is 19.1. The van der Waals surface area contributed by atoms with Crippen LogP contribution < -0.4 is 0 Å². The van der Waals surface area contributed by atoms with Gasteiger partial charge in [-0.05, 0) is 24.6 Å². The Morgan fingerprint density at radius 1 is 1.25 bits per heavy atom. The van der Waals surface area contributed by atoms with Crippen LogP contribution >= 0.6 is 0 Å². The second kappa shape index (κ2) is 6.83. The van der Waals surface area contributed by atoms with Crippen molar-refractivity contribution in [3.8, 4) is 0 Å². The molecule has 0 spiro atoms. The van der Waals surface area contributed by atoms with E-state index in [2.05, 4.69) is 5.16 Å². The summed E-state index contributed by atoms with van der Waals surface area (Å²) in [7, 11) is 1.64. The first kappa shape index (κ1) is 16.2. The molecule has 1 aliphatic heterocycles. The summed E-state index contributed by atoms with van der Waals surface area (Å²) in [5.41, 5.74) is 3.14. The van der Waals surface area contributed by atoms with Crippen molar-refractivity contribution < 1.29 is 14.0 Å². The molecular formula is C19H19FN2O2. The Morgan fingerprint density at radius 2 is 1.96 bits per heavy atom. The van der Waals surface area contributed by atoms with Gasteiger partial charge < -0.3 is 9.74 Å². The van der Waals surface area contributed by atoms with E-state index in [1.165, 1.54) is 22.6 Å². The van der Waals surface area contributed by atoms with Crippen LogP contribution in [0.4, 0.5) is 4.39 Å². The summed E-state index contributed by atoms with van der Waals surface area (Å²) in [4.78, 5) is 19.2. The first-order valence-corrected chi connectivity index (χ1v) is 7.84. The van der Waals surface area contributed by atoms with Gasteiger partial charge in [-0.3, -0.25) is 4.79 Å². The molecule has 1 atom stereocenters. The van der Waals surface area contributed by atoms with Crippen LogP contribution in [-0.2, 0) is 4.84 Å². The van der Waals surface area contributed by atoms with Crippen LogP contribution in [0, 0.1) is 12.7 Å². The molecule has 0 bridgehead atoms. The van der Waals surface area contributed by atoms with Crippen molar-refractivity contribution in [2.75, 3.05) is 13.6 Å². The monoisotopic (exact) mass is 326 g/mol.